The predicted molar refractivity (Wildman–Crippen MR) is 102 cm³/mol. The lowest BCUT2D eigenvalue weighted by Crippen LogP contribution is -2.24. The second kappa shape index (κ2) is 7.63. The van der Waals surface area contributed by atoms with Crippen LogP contribution in [0.4, 0.5) is 0 Å². The maximum Gasteiger partial charge on any atom is 0.324 e. The van der Waals surface area contributed by atoms with Gasteiger partial charge in [0.1, 0.15) is 0 Å². The van der Waals surface area contributed by atoms with Crippen molar-refractivity contribution in [2.24, 2.45) is 5.92 Å². The van der Waals surface area contributed by atoms with E-state index in [-0.39, 0.29) is 6.61 Å². The van der Waals surface area contributed by atoms with Crippen LogP contribution >= 0.6 is 11.6 Å². The monoisotopic (exact) mass is 366 g/mol. The molecule has 0 radical (unpaired) electrons. The van der Waals surface area contributed by atoms with E-state index < -0.39 is 17.8 Å². The van der Waals surface area contributed by atoms with Crippen LogP contribution in [0.3, 0.4) is 0 Å². The van der Waals surface area contributed by atoms with Gasteiger partial charge in [-0.1, -0.05) is 41.9 Å². The average molecular weight is 367 g/mol. The largest absolute Gasteiger partial charge is 0.465 e. The van der Waals surface area contributed by atoms with Crippen LogP contribution in [0, 0.1) is 24.2 Å². The number of nitrogens with zero attached hydrogens (tertiary/aromatic N) is 1. The summed E-state index contributed by atoms with van der Waals surface area (Å²) in [5, 5.41) is 11.4. The number of benzene rings is 2. The van der Waals surface area contributed by atoms with E-state index >= 15 is 0 Å². The number of carbonyl (C=O) groups excluding carboxylic acids is 1. The number of rotatable bonds is 5. The summed E-state index contributed by atoms with van der Waals surface area (Å²) >= 11 is 6.03. The van der Waals surface area contributed by atoms with Crippen molar-refractivity contribution in [2.75, 3.05) is 6.61 Å². The second-order valence-corrected chi connectivity index (χ2v) is 6.53. The Morgan fingerprint density at radius 2 is 1.92 bits per heavy atom. The van der Waals surface area contributed by atoms with Gasteiger partial charge in [0.05, 0.1) is 12.7 Å². The Morgan fingerprint density at radius 1 is 1.23 bits per heavy atom. The van der Waals surface area contributed by atoms with Gasteiger partial charge in [-0.05, 0) is 43.2 Å². The Kier molecular flexibility index (Phi) is 5.29. The maximum absolute atomic E-state index is 12.5. The van der Waals surface area contributed by atoms with E-state index in [4.69, 9.17) is 16.3 Å². The Bertz CT molecular complexity index is 970. The first kappa shape index (κ1) is 18.0. The molecule has 0 aliphatic carbocycles. The van der Waals surface area contributed by atoms with Crippen LogP contribution < -0.4 is 0 Å². The first-order valence-corrected chi connectivity index (χ1v) is 8.83. The van der Waals surface area contributed by atoms with E-state index in [1.807, 2.05) is 43.3 Å². The normalized spacial score (nSPS) is 13.2. The maximum atomic E-state index is 12.5. The van der Waals surface area contributed by atoms with E-state index in [1.165, 1.54) is 0 Å². The molecule has 0 spiro atoms. The van der Waals surface area contributed by atoms with Crippen LogP contribution in [0.25, 0.3) is 10.9 Å². The molecule has 0 unspecified atom stereocenters. The number of aromatic amines is 1. The fourth-order valence-electron chi connectivity index (χ4n) is 3.39. The standard InChI is InChI=1S/C21H19ClN2O2/c1-3-26-21(25)17(12-23)20(14-8-10-15(22)11-9-14)19-13(2)24-18-7-5-4-6-16(18)19/h4-11,17,20,24H,3H2,1-2H3/t17-,20-/m0/s1. The molecule has 5 heteroatoms. The Balaban J connectivity index is 2.23. The highest BCUT2D eigenvalue weighted by Crippen LogP contribution is 2.39. The summed E-state index contributed by atoms with van der Waals surface area (Å²) < 4.78 is 5.17. The number of nitrogens with one attached hydrogen (secondary N) is 1. The first-order valence-electron chi connectivity index (χ1n) is 8.45. The van der Waals surface area contributed by atoms with Crippen molar-refractivity contribution in [1.82, 2.24) is 4.98 Å². The molecule has 132 valence electrons. The Hall–Kier alpha value is -2.77. The molecule has 1 N–H and O–H groups in total. The fourth-order valence-corrected chi connectivity index (χ4v) is 3.52. The number of hydrogen-bond donors (Lipinski definition) is 1. The number of ether oxygens (including phenoxy) is 1. The van der Waals surface area contributed by atoms with Crippen LogP contribution in [-0.2, 0) is 9.53 Å². The Morgan fingerprint density at radius 3 is 2.58 bits per heavy atom. The molecule has 2 aromatic carbocycles. The van der Waals surface area contributed by atoms with Gasteiger partial charge in [-0.25, -0.2) is 0 Å². The van der Waals surface area contributed by atoms with Crippen molar-refractivity contribution < 1.29 is 9.53 Å². The molecule has 3 rings (SSSR count). The molecule has 0 aliphatic heterocycles. The van der Waals surface area contributed by atoms with Gasteiger partial charge in [-0.2, -0.15) is 5.26 Å². The molecule has 3 aromatic rings. The molecule has 4 nitrogen and oxygen atoms in total. The van der Waals surface area contributed by atoms with Crippen molar-refractivity contribution in [3.05, 3.63) is 70.4 Å². The minimum Gasteiger partial charge on any atom is -0.465 e. The lowest BCUT2D eigenvalue weighted by Gasteiger charge is -2.22. The number of fused-ring (bicyclic) bond motifs is 1. The van der Waals surface area contributed by atoms with Crippen LogP contribution in [0.5, 0.6) is 0 Å². The van der Waals surface area contributed by atoms with E-state index in [9.17, 15) is 10.1 Å². The molecule has 0 bridgehead atoms. The number of para-hydroxylation sites is 1. The number of carbonyl (C=O) groups is 1. The third-order valence-corrected chi connectivity index (χ3v) is 4.75. The number of aryl methyl sites for hydroxylation is 1. The Labute approximate surface area is 157 Å². The zero-order valence-corrected chi connectivity index (χ0v) is 15.4. The van der Waals surface area contributed by atoms with E-state index in [0.717, 1.165) is 27.7 Å². The number of halogens is 1. The fraction of sp³-hybridized carbons (Fsp3) is 0.238. The quantitative estimate of drug-likeness (QED) is 0.648. The van der Waals surface area contributed by atoms with Crippen molar-refractivity contribution in [1.29, 1.82) is 5.26 Å². The van der Waals surface area contributed by atoms with Crippen molar-refractivity contribution in [2.45, 2.75) is 19.8 Å². The third kappa shape index (κ3) is 3.31. The SMILES string of the molecule is CCOC(=O)[C@@H](C#N)[C@H](c1ccc(Cl)cc1)c1c(C)[nH]c2ccccc12. The molecule has 0 amide bonds. The van der Waals surface area contributed by atoms with Gasteiger partial charge in [0, 0.05) is 27.5 Å². The van der Waals surface area contributed by atoms with Crippen LogP contribution in [0.1, 0.15) is 29.7 Å². The van der Waals surface area contributed by atoms with E-state index in [0.29, 0.717) is 5.02 Å². The lowest BCUT2D eigenvalue weighted by molar-refractivity contribution is -0.146. The summed E-state index contributed by atoms with van der Waals surface area (Å²) in [6.45, 7) is 3.93. The average Bonchev–Trinajstić information content (AvgIpc) is 2.96. The summed E-state index contributed by atoms with van der Waals surface area (Å²) in [5.74, 6) is -1.92. The highest BCUT2D eigenvalue weighted by Gasteiger charge is 2.35. The number of nitriles is 1. The molecule has 0 saturated heterocycles. The van der Waals surface area contributed by atoms with Gasteiger partial charge in [0.25, 0.3) is 0 Å². The van der Waals surface area contributed by atoms with E-state index in [2.05, 4.69) is 11.1 Å². The summed E-state index contributed by atoms with van der Waals surface area (Å²) in [6.07, 6.45) is 0. The van der Waals surface area contributed by atoms with Gasteiger partial charge in [-0.15, -0.1) is 0 Å². The summed E-state index contributed by atoms with van der Waals surface area (Å²) in [4.78, 5) is 15.9. The van der Waals surface area contributed by atoms with Gasteiger partial charge in [-0.3, -0.25) is 4.79 Å². The topological polar surface area (TPSA) is 65.9 Å². The summed E-state index contributed by atoms with van der Waals surface area (Å²) in [7, 11) is 0. The zero-order chi connectivity index (χ0) is 18.7. The molecular formula is C21H19ClN2O2. The third-order valence-electron chi connectivity index (χ3n) is 4.50. The minimum atomic E-state index is -0.950. The van der Waals surface area contributed by atoms with Crippen LogP contribution in [-0.4, -0.2) is 17.6 Å². The summed E-state index contributed by atoms with van der Waals surface area (Å²) in [6, 6.07) is 17.3. The molecule has 2 atom stereocenters. The molecule has 1 aromatic heterocycles. The highest BCUT2D eigenvalue weighted by atomic mass is 35.5. The van der Waals surface area contributed by atoms with Crippen LogP contribution in [0.15, 0.2) is 48.5 Å². The van der Waals surface area contributed by atoms with Crippen molar-refractivity contribution >= 4 is 28.5 Å². The van der Waals surface area contributed by atoms with Gasteiger partial charge < -0.3 is 9.72 Å². The van der Waals surface area contributed by atoms with E-state index in [1.54, 1.807) is 19.1 Å². The van der Waals surface area contributed by atoms with Crippen LogP contribution in [0.2, 0.25) is 5.02 Å². The molecule has 0 fully saturated rings. The molecule has 0 saturated carbocycles. The first-order chi connectivity index (χ1) is 12.6. The number of aromatic nitrogens is 1. The number of esters is 1. The highest BCUT2D eigenvalue weighted by molar-refractivity contribution is 6.30. The minimum absolute atomic E-state index is 0.233. The smallest absolute Gasteiger partial charge is 0.324 e. The zero-order valence-electron chi connectivity index (χ0n) is 14.6. The molecule has 0 aliphatic rings. The van der Waals surface area contributed by atoms with Gasteiger partial charge in [0.2, 0.25) is 0 Å². The molecule has 26 heavy (non-hydrogen) atoms. The molecule has 1 heterocycles. The number of H-pyrrole nitrogens is 1. The number of hydrogen-bond acceptors (Lipinski definition) is 3. The summed E-state index contributed by atoms with van der Waals surface area (Å²) in [5.41, 5.74) is 3.68. The van der Waals surface area contributed by atoms with Crippen molar-refractivity contribution in [3.8, 4) is 6.07 Å². The van der Waals surface area contributed by atoms with Gasteiger partial charge in [0.15, 0.2) is 5.92 Å². The second-order valence-electron chi connectivity index (χ2n) is 6.10. The molecular weight excluding hydrogens is 348 g/mol. The lowest BCUT2D eigenvalue weighted by atomic mass is 9.80. The predicted octanol–water partition coefficient (Wildman–Crippen LogP) is 4.96. The van der Waals surface area contributed by atoms with Crippen molar-refractivity contribution in [3.63, 3.8) is 0 Å². The van der Waals surface area contributed by atoms with Gasteiger partial charge >= 0.3 is 5.97 Å².